The number of benzene rings is 1. The van der Waals surface area contributed by atoms with Crippen LogP contribution in [0.3, 0.4) is 0 Å². The van der Waals surface area contributed by atoms with Gasteiger partial charge in [-0.2, -0.15) is 0 Å². The van der Waals surface area contributed by atoms with Gasteiger partial charge < -0.3 is 24.9 Å². The summed E-state index contributed by atoms with van der Waals surface area (Å²) in [5.74, 6) is -1.88. The molecule has 0 saturated heterocycles. The van der Waals surface area contributed by atoms with E-state index < -0.39 is 17.2 Å². The minimum atomic E-state index is -0.612. The predicted octanol–water partition coefficient (Wildman–Crippen LogP) is 2.98. The van der Waals surface area contributed by atoms with Gasteiger partial charge in [0, 0.05) is 10.4 Å². The quantitative estimate of drug-likeness (QED) is 0.319. The Balaban J connectivity index is 2.01. The van der Waals surface area contributed by atoms with E-state index >= 15 is 0 Å². The fourth-order valence-corrected chi connectivity index (χ4v) is 2.68. The zero-order valence-corrected chi connectivity index (χ0v) is 14.0. The Morgan fingerprint density at radius 2 is 1.92 bits per heavy atom. The van der Waals surface area contributed by atoms with Gasteiger partial charge in [-0.15, -0.1) is 11.3 Å². The Bertz CT molecular complexity index is 768. The summed E-state index contributed by atoms with van der Waals surface area (Å²) >= 11 is 1.24. The SMILES string of the molecule is CCOC(=O)c1ccc(CO/N=C(\C)c2ccc(O)c(O)c2O)s1. The summed E-state index contributed by atoms with van der Waals surface area (Å²) in [7, 11) is 0. The molecule has 1 aromatic carbocycles. The van der Waals surface area contributed by atoms with Gasteiger partial charge >= 0.3 is 5.97 Å². The molecule has 3 N–H and O–H groups in total. The van der Waals surface area contributed by atoms with Gasteiger partial charge in [0.15, 0.2) is 18.1 Å². The first-order valence-corrected chi connectivity index (χ1v) is 7.92. The Kier molecular flexibility index (Phi) is 5.64. The lowest BCUT2D eigenvalue weighted by molar-refractivity contribution is 0.0532. The minimum Gasteiger partial charge on any atom is -0.504 e. The first kappa shape index (κ1) is 17.6. The van der Waals surface area contributed by atoms with Crippen molar-refractivity contribution in [3.63, 3.8) is 0 Å². The van der Waals surface area contributed by atoms with Crippen molar-refractivity contribution >= 4 is 23.0 Å². The molecule has 24 heavy (non-hydrogen) atoms. The van der Waals surface area contributed by atoms with E-state index in [0.29, 0.717) is 17.2 Å². The van der Waals surface area contributed by atoms with Gasteiger partial charge in [-0.05, 0) is 38.1 Å². The monoisotopic (exact) mass is 351 g/mol. The van der Waals surface area contributed by atoms with Crippen molar-refractivity contribution in [2.24, 2.45) is 5.16 Å². The number of thiophene rings is 1. The van der Waals surface area contributed by atoms with Crippen LogP contribution < -0.4 is 0 Å². The molecule has 7 nitrogen and oxygen atoms in total. The predicted molar refractivity (Wildman–Crippen MR) is 88.7 cm³/mol. The zero-order valence-electron chi connectivity index (χ0n) is 13.1. The van der Waals surface area contributed by atoms with Gasteiger partial charge in [-0.25, -0.2) is 4.79 Å². The van der Waals surface area contributed by atoms with Crippen LogP contribution in [0.5, 0.6) is 17.2 Å². The summed E-state index contributed by atoms with van der Waals surface area (Å²) in [6.07, 6.45) is 0. The Labute approximate surface area is 142 Å². The first-order chi connectivity index (χ1) is 11.4. The average molecular weight is 351 g/mol. The van der Waals surface area contributed by atoms with Crippen LogP contribution in [-0.2, 0) is 16.2 Å². The summed E-state index contributed by atoms with van der Waals surface area (Å²) < 4.78 is 4.91. The van der Waals surface area contributed by atoms with Gasteiger partial charge in [0.05, 0.1) is 12.3 Å². The topological polar surface area (TPSA) is 109 Å². The number of ether oxygens (including phenoxy) is 1. The second-order valence-corrected chi connectivity index (χ2v) is 5.93. The molecule has 0 fully saturated rings. The summed E-state index contributed by atoms with van der Waals surface area (Å²) in [5.41, 5.74) is 0.564. The van der Waals surface area contributed by atoms with Crippen molar-refractivity contribution in [2.45, 2.75) is 20.5 Å². The maximum Gasteiger partial charge on any atom is 0.348 e. The van der Waals surface area contributed by atoms with E-state index in [4.69, 9.17) is 9.57 Å². The normalized spacial score (nSPS) is 11.3. The molecule has 0 radical (unpaired) electrons. The number of carbonyl (C=O) groups excluding carboxylic acids is 1. The Morgan fingerprint density at radius 1 is 1.17 bits per heavy atom. The lowest BCUT2D eigenvalue weighted by Crippen LogP contribution is -2.01. The molecule has 0 aliphatic rings. The molecule has 2 rings (SSSR count). The van der Waals surface area contributed by atoms with Crippen LogP contribution in [0.15, 0.2) is 29.4 Å². The van der Waals surface area contributed by atoms with E-state index in [9.17, 15) is 20.1 Å². The molecular weight excluding hydrogens is 334 g/mol. The van der Waals surface area contributed by atoms with E-state index in [-0.39, 0.29) is 18.1 Å². The third-order valence-electron chi connectivity index (χ3n) is 3.07. The van der Waals surface area contributed by atoms with Crippen LogP contribution in [0.1, 0.15) is 34.0 Å². The lowest BCUT2D eigenvalue weighted by atomic mass is 10.1. The third-order valence-corrected chi connectivity index (χ3v) is 4.11. The van der Waals surface area contributed by atoms with Crippen LogP contribution in [0.2, 0.25) is 0 Å². The molecule has 0 atom stereocenters. The minimum absolute atomic E-state index is 0.145. The fourth-order valence-electron chi connectivity index (χ4n) is 1.87. The number of aromatic hydroxyl groups is 3. The molecule has 0 spiro atoms. The first-order valence-electron chi connectivity index (χ1n) is 7.10. The van der Waals surface area contributed by atoms with Gasteiger partial charge in [-0.1, -0.05) is 5.16 Å². The molecule has 0 aliphatic carbocycles. The number of esters is 1. The lowest BCUT2D eigenvalue weighted by Gasteiger charge is -2.07. The van der Waals surface area contributed by atoms with E-state index in [1.165, 1.54) is 23.5 Å². The van der Waals surface area contributed by atoms with Crippen molar-refractivity contribution in [1.29, 1.82) is 0 Å². The molecule has 0 unspecified atom stereocenters. The summed E-state index contributed by atoms with van der Waals surface area (Å²) in [6, 6.07) is 6.05. The van der Waals surface area contributed by atoms with E-state index in [1.807, 2.05) is 0 Å². The second kappa shape index (κ2) is 7.69. The molecule has 1 heterocycles. The van der Waals surface area contributed by atoms with Crippen LogP contribution in [0.4, 0.5) is 0 Å². The van der Waals surface area contributed by atoms with Crippen LogP contribution in [0.25, 0.3) is 0 Å². The number of carbonyl (C=O) groups is 1. The number of nitrogens with zero attached hydrogens (tertiary/aromatic N) is 1. The van der Waals surface area contributed by atoms with E-state index in [2.05, 4.69) is 5.16 Å². The second-order valence-electron chi connectivity index (χ2n) is 4.77. The number of rotatable bonds is 6. The van der Waals surface area contributed by atoms with Crippen LogP contribution in [-0.4, -0.2) is 33.6 Å². The number of oxime groups is 1. The maximum absolute atomic E-state index is 11.6. The Morgan fingerprint density at radius 3 is 2.62 bits per heavy atom. The van der Waals surface area contributed by atoms with Gasteiger partial charge in [0.2, 0.25) is 5.75 Å². The molecule has 0 bridgehead atoms. The molecule has 0 saturated carbocycles. The zero-order chi connectivity index (χ0) is 17.7. The standard InChI is InChI=1S/C16H17NO6S/c1-3-22-16(21)13-7-4-10(24-13)8-23-17-9(2)11-5-6-12(18)15(20)14(11)19/h4-7,18-20H,3,8H2,1-2H3/b17-9+. The molecular formula is C16H17NO6S. The highest BCUT2D eigenvalue weighted by Crippen LogP contribution is 2.37. The number of phenolic OH excluding ortho intramolecular Hbond substituents is 3. The van der Waals surface area contributed by atoms with E-state index in [1.54, 1.807) is 26.0 Å². The molecule has 8 heteroatoms. The molecule has 2 aromatic rings. The van der Waals surface area contributed by atoms with Gasteiger partial charge in [0.1, 0.15) is 4.88 Å². The van der Waals surface area contributed by atoms with Gasteiger partial charge in [0.25, 0.3) is 0 Å². The van der Waals surface area contributed by atoms with Crippen molar-refractivity contribution in [3.8, 4) is 17.2 Å². The van der Waals surface area contributed by atoms with Crippen molar-refractivity contribution in [1.82, 2.24) is 0 Å². The number of hydrogen-bond donors (Lipinski definition) is 3. The average Bonchev–Trinajstić information content (AvgIpc) is 3.02. The third kappa shape index (κ3) is 3.96. The highest BCUT2D eigenvalue weighted by Gasteiger charge is 2.14. The maximum atomic E-state index is 11.6. The smallest absolute Gasteiger partial charge is 0.348 e. The molecule has 0 amide bonds. The summed E-state index contributed by atoms with van der Waals surface area (Å²) in [4.78, 5) is 18.0. The van der Waals surface area contributed by atoms with Crippen LogP contribution in [0, 0.1) is 0 Å². The van der Waals surface area contributed by atoms with Gasteiger partial charge in [-0.3, -0.25) is 0 Å². The summed E-state index contributed by atoms with van der Waals surface area (Å²) in [5, 5.41) is 32.4. The largest absolute Gasteiger partial charge is 0.504 e. The molecule has 0 aliphatic heterocycles. The van der Waals surface area contributed by atoms with Crippen molar-refractivity contribution < 1.29 is 29.7 Å². The highest BCUT2D eigenvalue weighted by atomic mass is 32.1. The number of hydrogen-bond acceptors (Lipinski definition) is 8. The Hall–Kier alpha value is -2.74. The fraction of sp³-hybridized carbons (Fsp3) is 0.250. The molecule has 128 valence electrons. The number of phenols is 3. The van der Waals surface area contributed by atoms with Crippen LogP contribution >= 0.6 is 11.3 Å². The highest BCUT2D eigenvalue weighted by molar-refractivity contribution is 7.13. The van der Waals surface area contributed by atoms with Crippen molar-refractivity contribution in [2.75, 3.05) is 6.61 Å². The van der Waals surface area contributed by atoms with E-state index in [0.717, 1.165) is 4.88 Å². The molecule has 1 aromatic heterocycles. The van der Waals surface area contributed by atoms with Crippen molar-refractivity contribution in [3.05, 3.63) is 39.6 Å². The summed E-state index contributed by atoms with van der Waals surface area (Å²) in [6.45, 7) is 3.79.